The van der Waals surface area contributed by atoms with Crippen LogP contribution in [0.4, 0.5) is 11.5 Å². The molecule has 2 aromatic rings. The number of anilines is 2. The van der Waals surface area contributed by atoms with Crippen molar-refractivity contribution in [3.05, 3.63) is 35.2 Å². The molecule has 0 saturated carbocycles. The molecule has 7 heteroatoms. The second-order valence-corrected chi connectivity index (χ2v) is 4.06. The summed E-state index contributed by atoms with van der Waals surface area (Å²) < 4.78 is 1.61. The lowest BCUT2D eigenvalue weighted by atomic mass is 10.2. The smallest absolute Gasteiger partial charge is 0.255 e. The largest absolute Gasteiger partial charge is 0.373 e. The number of halogens is 1. The van der Waals surface area contributed by atoms with Crippen LogP contribution in [0.3, 0.4) is 0 Å². The number of aryl methyl sites for hydroxylation is 1. The summed E-state index contributed by atoms with van der Waals surface area (Å²) in [5, 5.41) is 9.79. The van der Waals surface area contributed by atoms with E-state index in [0.29, 0.717) is 17.1 Å². The Bertz CT molecular complexity index is 581. The van der Waals surface area contributed by atoms with Gasteiger partial charge in [0.25, 0.3) is 5.91 Å². The van der Waals surface area contributed by atoms with E-state index in [-0.39, 0.29) is 11.1 Å². The van der Waals surface area contributed by atoms with Crippen molar-refractivity contribution in [2.45, 2.75) is 0 Å². The van der Waals surface area contributed by atoms with Crippen molar-refractivity contribution in [2.24, 2.45) is 7.05 Å². The van der Waals surface area contributed by atoms with Crippen LogP contribution in [0, 0.1) is 0 Å². The van der Waals surface area contributed by atoms with Crippen molar-refractivity contribution in [3.8, 4) is 0 Å². The Kier molecular flexibility index (Phi) is 3.47. The maximum Gasteiger partial charge on any atom is 0.255 e. The highest BCUT2D eigenvalue weighted by molar-refractivity contribution is 6.30. The van der Waals surface area contributed by atoms with Gasteiger partial charge in [-0.1, -0.05) is 11.6 Å². The fourth-order valence-corrected chi connectivity index (χ4v) is 1.65. The van der Waals surface area contributed by atoms with Gasteiger partial charge < -0.3 is 10.6 Å². The van der Waals surface area contributed by atoms with Crippen LogP contribution < -0.4 is 10.6 Å². The molecule has 0 atom stereocenters. The highest BCUT2D eigenvalue weighted by atomic mass is 35.5. The van der Waals surface area contributed by atoms with E-state index in [9.17, 15) is 4.79 Å². The Morgan fingerprint density at radius 1 is 1.44 bits per heavy atom. The summed E-state index contributed by atoms with van der Waals surface area (Å²) in [6.45, 7) is 0. The number of hydrogen-bond donors (Lipinski definition) is 2. The summed E-state index contributed by atoms with van der Waals surface area (Å²) in [4.78, 5) is 16.0. The second kappa shape index (κ2) is 5.05. The third kappa shape index (κ3) is 2.78. The Morgan fingerprint density at radius 2 is 2.22 bits per heavy atom. The topological polar surface area (TPSA) is 71.8 Å². The van der Waals surface area contributed by atoms with E-state index in [1.807, 2.05) is 0 Å². The first-order valence-electron chi connectivity index (χ1n) is 5.24. The summed E-state index contributed by atoms with van der Waals surface area (Å²) in [7, 11) is 3.49. The normalized spacial score (nSPS) is 10.2. The summed E-state index contributed by atoms with van der Waals surface area (Å²) in [6.07, 6.45) is 3.28. The van der Waals surface area contributed by atoms with E-state index in [2.05, 4.69) is 20.7 Å². The van der Waals surface area contributed by atoms with Gasteiger partial charge in [-0.05, 0) is 12.1 Å². The highest BCUT2D eigenvalue weighted by Crippen LogP contribution is 2.15. The number of aromatic nitrogens is 3. The van der Waals surface area contributed by atoms with E-state index in [1.54, 1.807) is 37.2 Å². The van der Waals surface area contributed by atoms with E-state index in [0.717, 1.165) is 0 Å². The van der Waals surface area contributed by atoms with Crippen molar-refractivity contribution in [1.82, 2.24) is 14.8 Å². The van der Waals surface area contributed by atoms with Gasteiger partial charge in [0.1, 0.15) is 11.0 Å². The van der Waals surface area contributed by atoms with E-state index in [1.165, 1.54) is 6.07 Å². The summed E-state index contributed by atoms with van der Waals surface area (Å²) in [6, 6.07) is 3.13. The molecule has 0 radical (unpaired) electrons. The third-order valence-electron chi connectivity index (χ3n) is 2.28. The predicted octanol–water partition coefficient (Wildman–Crippen LogP) is 1.76. The summed E-state index contributed by atoms with van der Waals surface area (Å²) in [5.74, 6) is 0.280. The van der Waals surface area contributed by atoms with E-state index < -0.39 is 0 Å². The van der Waals surface area contributed by atoms with Gasteiger partial charge in [0.15, 0.2) is 0 Å². The average Bonchev–Trinajstić information content (AvgIpc) is 2.73. The van der Waals surface area contributed by atoms with Gasteiger partial charge in [-0.25, -0.2) is 4.98 Å². The Morgan fingerprint density at radius 3 is 2.83 bits per heavy atom. The number of amides is 1. The molecule has 2 aromatic heterocycles. The van der Waals surface area contributed by atoms with Crippen LogP contribution in [0.15, 0.2) is 24.5 Å². The van der Waals surface area contributed by atoms with Crippen molar-refractivity contribution >= 4 is 29.0 Å². The van der Waals surface area contributed by atoms with E-state index >= 15 is 0 Å². The SMILES string of the molecule is CNc1cc(C(=O)Nc2cnn(C)c2)cc(Cl)n1. The Balaban J connectivity index is 2.20. The number of rotatable bonds is 3. The zero-order chi connectivity index (χ0) is 13.1. The standard InChI is InChI=1S/C11H12ClN5O/c1-13-10-4-7(3-9(12)16-10)11(18)15-8-5-14-17(2)6-8/h3-6H,1-2H3,(H,13,16)(H,15,18). The second-order valence-electron chi connectivity index (χ2n) is 3.67. The molecule has 2 N–H and O–H groups in total. The lowest BCUT2D eigenvalue weighted by molar-refractivity contribution is 0.102. The van der Waals surface area contributed by atoms with Crippen LogP contribution in [-0.2, 0) is 7.05 Å². The number of carbonyl (C=O) groups excluding carboxylic acids is 1. The number of hydrogen-bond acceptors (Lipinski definition) is 4. The fourth-order valence-electron chi connectivity index (χ4n) is 1.45. The molecule has 0 fully saturated rings. The van der Waals surface area contributed by atoms with Crippen LogP contribution in [0.1, 0.15) is 10.4 Å². The molecule has 94 valence electrons. The molecule has 2 rings (SSSR count). The molecule has 0 spiro atoms. The molecule has 18 heavy (non-hydrogen) atoms. The minimum absolute atomic E-state index is 0.260. The van der Waals surface area contributed by atoms with Crippen LogP contribution in [-0.4, -0.2) is 27.7 Å². The van der Waals surface area contributed by atoms with Crippen LogP contribution >= 0.6 is 11.6 Å². The summed E-state index contributed by atoms with van der Waals surface area (Å²) in [5.41, 5.74) is 1.06. The van der Waals surface area contributed by atoms with Gasteiger partial charge in [-0.3, -0.25) is 9.48 Å². The minimum Gasteiger partial charge on any atom is -0.373 e. The zero-order valence-corrected chi connectivity index (χ0v) is 10.7. The van der Waals surface area contributed by atoms with Crippen LogP contribution in [0.25, 0.3) is 0 Å². The molecule has 0 bridgehead atoms. The van der Waals surface area contributed by atoms with Crippen LogP contribution in [0.2, 0.25) is 5.15 Å². The molecule has 0 aliphatic rings. The molecule has 0 aromatic carbocycles. The number of nitrogens with zero attached hydrogens (tertiary/aromatic N) is 3. The fraction of sp³-hybridized carbons (Fsp3) is 0.182. The average molecular weight is 266 g/mol. The molecule has 2 heterocycles. The van der Waals surface area contributed by atoms with Gasteiger partial charge in [0.05, 0.1) is 11.9 Å². The Labute approximate surface area is 109 Å². The molecule has 0 saturated heterocycles. The minimum atomic E-state index is -0.260. The van der Waals surface area contributed by atoms with Gasteiger partial charge in [-0.2, -0.15) is 5.10 Å². The monoisotopic (exact) mass is 265 g/mol. The van der Waals surface area contributed by atoms with Gasteiger partial charge in [-0.15, -0.1) is 0 Å². The molecular weight excluding hydrogens is 254 g/mol. The van der Waals surface area contributed by atoms with Gasteiger partial charge in [0.2, 0.25) is 0 Å². The number of carbonyl (C=O) groups is 1. The Hall–Kier alpha value is -2.08. The first kappa shape index (κ1) is 12.4. The van der Waals surface area contributed by atoms with Crippen molar-refractivity contribution < 1.29 is 4.79 Å². The maximum atomic E-state index is 12.0. The molecule has 0 aliphatic carbocycles. The molecular formula is C11H12ClN5O. The van der Waals surface area contributed by atoms with Crippen molar-refractivity contribution in [3.63, 3.8) is 0 Å². The highest BCUT2D eigenvalue weighted by Gasteiger charge is 2.10. The molecule has 1 amide bonds. The lowest BCUT2D eigenvalue weighted by Gasteiger charge is -2.05. The number of nitrogens with one attached hydrogen (secondary N) is 2. The third-order valence-corrected chi connectivity index (χ3v) is 2.47. The molecule has 6 nitrogen and oxygen atoms in total. The lowest BCUT2D eigenvalue weighted by Crippen LogP contribution is -2.12. The van der Waals surface area contributed by atoms with Crippen molar-refractivity contribution in [1.29, 1.82) is 0 Å². The molecule has 0 aliphatic heterocycles. The number of pyridine rings is 1. The quantitative estimate of drug-likeness (QED) is 0.830. The predicted molar refractivity (Wildman–Crippen MR) is 70.0 cm³/mol. The van der Waals surface area contributed by atoms with Gasteiger partial charge in [0, 0.05) is 25.9 Å². The first-order valence-corrected chi connectivity index (χ1v) is 5.61. The van der Waals surface area contributed by atoms with Crippen LogP contribution in [0.5, 0.6) is 0 Å². The zero-order valence-electron chi connectivity index (χ0n) is 9.94. The summed E-state index contributed by atoms with van der Waals surface area (Å²) >= 11 is 5.83. The maximum absolute atomic E-state index is 12.0. The molecule has 0 unspecified atom stereocenters. The van der Waals surface area contributed by atoms with E-state index in [4.69, 9.17) is 11.6 Å². The first-order chi connectivity index (χ1) is 8.58. The van der Waals surface area contributed by atoms with Crippen molar-refractivity contribution in [2.75, 3.05) is 17.7 Å². The van der Waals surface area contributed by atoms with Gasteiger partial charge >= 0.3 is 0 Å².